The van der Waals surface area contributed by atoms with Gasteiger partial charge in [0.05, 0.1) is 0 Å². The van der Waals surface area contributed by atoms with E-state index in [9.17, 15) is 4.79 Å². The second-order valence-corrected chi connectivity index (χ2v) is 5.35. The van der Waals surface area contributed by atoms with Gasteiger partial charge in [0.25, 0.3) is 0 Å². The lowest BCUT2D eigenvalue weighted by Crippen LogP contribution is -2.32. The molecule has 1 saturated carbocycles. The Morgan fingerprint density at radius 2 is 2.07 bits per heavy atom. The lowest BCUT2D eigenvalue weighted by atomic mass is 9.64. The van der Waals surface area contributed by atoms with Crippen LogP contribution in [0.25, 0.3) is 0 Å². The van der Waals surface area contributed by atoms with Gasteiger partial charge >= 0.3 is 0 Å². The second-order valence-electron chi connectivity index (χ2n) is 5.35. The van der Waals surface area contributed by atoms with Gasteiger partial charge in [0.2, 0.25) is 0 Å². The third kappa shape index (κ3) is 2.70. The van der Waals surface area contributed by atoms with Crippen LogP contribution in [-0.4, -0.2) is 5.78 Å². The molecule has 1 heteroatoms. The lowest BCUT2D eigenvalue weighted by molar-refractivity contribution is -0.112. The van der Waals surface area contributed by atoms with E-state index in [4.69, 9.17) is 0 Å². The van der Waals surface area contributed by atoms with Crippen LogP contribution < -0.4 is 0 Å². The van der Waals surface area contributed by atoms with Gasteiger partial charge in [-0.15, -0.1) is 0 Å². The van der Waals surface area contributed by atoms with E-state index in [0.29, 0.717) is 17.3 Å². The number of carbonyl (C=O) groups excluding carboxylic acids is 1. The summed E-state index contributed by atoms with van der Waals surface area (Å²) < 4.78 is 0. The fourth-order valence-corrected chi connectivity index (χ4v) is 2.69. The van der Waals surface area contributed by atoms with Crippen molar-refractivity contribution in [3.63, 3.8) is 0 Å². The Balaban J connectivity index is 2.75. The van der Waals surface area contributed by atoms with Crippen molar-refractivity contribution < 1.29 is 4.79 Å². The molecule has 0 amide bonds. The first-order chi connectivity index (χ1) is 6.43. The third-order valence-corrected chi connectivity index (χ3v) is 3.53. The number of carbonyl (C=O) groups is 1. The average Bonchev–Trinajstić information content (AvgIpc) is 2.01. The molecule has 0 unspecified atom stereocenters. The highest BCUT2D eigenvalue weighted by Crippen LogP contribution is 2.44. The van der Waals surface area contributed by atoms with E-state index in [1.807, 2.05) is 0 Å². The van der Waals surface area contributed by atoms with Crippen LogP contribution in [0.3, 0.4) is 0 Å². The first-order valence-corrected chi connectivity index (χ1v) is 5.62. The maximum absolute atomic E-state index is 10.9. The van der Waals surface area contributed by atoms with Crippen LogP contribution in [0.1, 0.15) is 47.0 Å². The van der Waals surface area contributed by atoms with Gasteiger partial charge in [-0.2, -0.15) is 0 Å². The molecule has 80 valence electrons. The summed E-state index contributed by atoms with van der Waals surface area (Å²) in [5, 5.41) is 0. The van der Waals surface area contributed by atoms with Gasteiger partial charge in [0, 0.05) is 0 Å². The van der Waals surface area contributed by atoms with E-state index >= 15 is 0 Å². The molecule has 0 aromatic heterocycles. The van der Waals surface area contributed by atoms with Gasteiger partial charge in [-0.25, -0.2) is 0 Å². The largest absolute Gasteiger partial charge is 0.295 e. The van der Waals surface area contributed by atoms with E-state index in [0.717, 1.165) is 0 Å². The van der Waals surface area contributed by atoms with E-state index in [1.165, 1.54) is 19.3 Å². The standard InChI is InChI=1S/C13H22O/c1-10-6-5-9-13(3,4)12(10)8-7-11(2)14/h7-8,10,12H,5-6,9H2,1-4H3/b8-7+/t10-,12+/m0/s1. The van der Waals surface area contributed by atoms with Crippen LogP contribution >= 0.6 is 0 Å². The number of hydrogen-bond donors (Lipinski definition) is 0. The zero-order valence-electron chi connectivity index (χ0n) is 9.84. The molecule has 1 fully saturated rings. The Kier molecular flexibility index (Phi) is 3.52. The predicted molar refractivity (Wildman–Crippen MR) is 60.1 cm³/mol. The molecule has 1 nitrogen and oxygen atoms in total. The Hall–Kier alpha value is -0.590. The third-order valence-electron chi connectivity index (χ3n) is 3.53. The molecule has 0 heterocycles. The molecule has 0 bridgehead atoms. The summed E-state index contributed by atoms with van der Waals surface area (Å²) in [5.41, 5.74) is 0.365. The lowest BCUT2D eigenvalue weighted by Gasteiger charge is -2.41. The fraction of sp³-hybridized carbons (Fsp3) is 0.769. The Bertz CT molecular complexity index is 238. The summed E-state index contributed by atoms with van der Waals surface area (Å²) in [6, 6.07) is 0. The maximum Gasteiger partial charge on any atom is 0.152 e. The van der Waals surface area contributed by atoms with Crippen LogP contribution in [0, 0.1) is 17.3 Å². The highest BCUT2D eigenvalue weighted by Gasteiger charge is 2.34. The van der Waals surface area contributed by atoms with Crippen molar-refractivity contribution in [1.82, 2.24) is 0 Å². The highest BCUT2D eigenvalue weighted by atomic mass is 16.1. The summed E-state index contributed by atoms with van der Waals surface area (Å²) in [7, 11) is 0. The molecule has 2 atom stereocenters. The van der Waals surface area contributed by atoms with Crippen LogP contribution in [0.15, 0.2) is 12.2 Å². The first-order valence-electron chi connectivity index (χ1n) is 5.62. The normalized spacial score (nSPS) is 32.0. The van der Waals surface area contributed by atoms with E-state index in [2.05, 4.69) is 26.8 Å². The summed E-state index contributed by atoms with van der Waals surface area (Å²) in [4.78, 5) is 10.9. The molecule has 14 heavy (non-hydrogen) atoms. The van der Waals surface area contributed by atoms with Crippen molar-refractivity contribution in [3.8, 4) is 0 Å². The summed E-state index contributed by atoms with van der Waals surface area (Å²) in [5.74, 6) is 1.45. The van der Waals surface area contributed by atoms with E-state index < -0.39 is 0 Å². The van der Waals surface area contributed by atoms with Gasteiger partial charge in [-0.3, -0.25) is 4.79 Å². The van der Waals surface area contributed by atoms with Crippen LogP contribution in [0.2, 0.25) is 0 Å². The smallest absolute Gasteiger partial charge is 0.152 e. The minimum absolute atomic E-state index is 0.165. The zero-order chi connectivity index (χ0) is 10.8. The second kappa shape index (κ2) is 4.29. The van der Waals surface area contributed by atoms with Crippen LogP contribution in [0.5, 0.6) is 0 Å². The van der Waals surface area contributed by atoms with Crippen molar-refractivity contribution in [3.05, 3.63) is 12.2 Å². The van der Waals surface area contributed by atoms with E-state index in [1.54, 1.807) is 13.0 Å². The molecule has 0 N–H and O–H groups in total. The Labute approximate surface area is 87.6 Å². The zero-order valence-corrected chi connectivity index (χ0v) is 9.84. The molecule has 0 saturated heterocycles. The van der Waals surface area contributed by atoms with Crippen molar-refractivity contribution in [2.45, 2.75) is 47.0 Å². The first kappa shape index (κ1) is 11.5. The predicted octanol–water partition coefficient (Wildman–Crippen LogP) is 3.59. The van der Waals surface area contributed by atoms with Crippen LogP contribution in [0.4, 0.5) is 0 Å². The highest BCUT2D eigenvalue weighted by molar-refractivity contribution is 5.87. The average molecular weight is 194 g/mol. The molecule has 0 aromatic rings. The quantitative estimate of drug-likeness (QED) is 0.614. The molecule has 0 spiro atoms. The SMILES string of the molecule is CC(=O)/C=C/[C@@H]1[C@@H](C)CCCC1(C)C. The van der Waals surface area contributed by atoms with Crippen molar-refractivity contribution in [1.29, 1.82) is 0 Å². The number of allylic oxidation sites excluding steroid dienone is 2. The number of hydrogen-bond acceptors (Lipinski definition) is 1. The van der Waals surface area contributed by atoms with Gasteiger partial charge in [-0.1, -0.05) is 39.7 Å². The molecular weight excluding hydrogens is 172 g/mol. The maximum atomic E-state index is 10.9. The van der Waals surface area contributed by atoms with Gasteiger partial charge in [0.15, 0.2) is 5.78 Å². The van der Waals surface area contributed by atoms with Crippen molar-refractivity contribution in [2.24, 2.45) is 17.3 Å². The molecule has 0 aromatic carbocycles. The summed E-state index contributed by atoms with van der Waals surface area (Å²) in [6.45, 7) is 8.56. The monoisotopic (exact) mass is 194 g/mol. The fourth-order valence-electron chi connectivity index (χ4n) is 2.69. The molecule has 1 aliphatic rings. The Morgan fingerprint density at radius 3 is 2.57 bits per heavy atom. The summed E-state index contributed by atoms with van der Waals surface area (Å²) in [6.07, 6.45) is 7.79. The van der Waals surface area contributed by atoms with Crippen LogP contribution in [-0.2, 0) is 4.79 Å². The van der Waals surface area contributed by atoms with Gasteiger partial charge in [-0.05, 0) is 36.7 Å². The van der Waals surface area contributed by atoms with Gasteiger partial charge < -0.3 is 0 Å². The Morgan fingerprint density at radius 1 is 1.43 bits per heavy atom. The molecular formula is C13H22O. The van der Waals surface area contributed by atoms with Crippen molar-refractivity contribution >= 4 is 5.78 Å². The minimum atomic E-state index is 0.165. The molecule has 0 aliphatic heterocycles. The minimum Gasteiger partial charge on any atom is -0.295 e. The van der Waals surface area contributed by atoms with Gasteiger partial charge in [0.1, 0.15) is 0 Å². The molecule has 1 aliphatic carbocycles. The van der Waals surface area contributed by atoms with E-state index in [-0.39, 0.29) is 5.78 Å². The molecule has 0 radical (unpaired) electrons. The van der Waals surface area contributed by atoms with Crippen molar-refractivity contribution in [2.75, 3.05) is 0 Å². The number of ketones is 1. The topological polar surface area (TPSA) is 17.1 Å². The number of rotatable bonds is 2. The summed E-state index contributed by atoms with van der Waals surface area (Å²) >= 11 is 0. The molecule has 1 rings (SSSR count).